The zero-order valence-corrected chi connectivity index (χ0v) is 8.78. The van der Waals surface area contributed by atoms with E-state index in [1.165, 1.54) is 0 Å². The predicted molar refractivity (Wildman–Crippen MR) is 46.4 cm³/mol. The standard InChI is InChI=1S/C6H14O3SSi/c1-3-5-11(2)6-4-10(7,8)9-11/h3-6H2,1-2H3. The highest BCUT2D eigenvalue weighted by atomic mass is 32.2. The van der Waals surface area contributed by atoms with E-state index in [1.54, 1.807) is 0 Å². The Morgan fingerprint density at radius 3 is 2.55 bits per heavy atom. The molecule has 0 N–H and O–H groups in total. The van der Waals surface area contributed by atoms with E-state index in [0.717, 1.165) is 18.5 Å². The number of hydrogen-bond donors (Lipinski definition) is 0. The van der Waals surface area contributed by atoms with Crippen molar-refractivity contribution in [2.24, 2.45) is 0 Å². The molecule has 0 aromatic rings. The number of hydrogen-bond acceptors (Lipinski definition) is 3. The second kappa shape index (κ2) is 2.88. The molecule has 1 heterocycles. The Kier molecular flexibility index (Phi) is 2.41. The fourth-order valence-corrected chi connectivity index (χ4v) is 8.91. The van der Waals surface area contributed by atoms with Crippen LogP contribution in [0.5, 0.6) is 0 Å². The van der Waals surface area contributed by atoms with E-state index in [2.05, 4.69) is 6.92 Å². The molecule has 66 valence electrons. The summed E-state index contributed by atoms with van der Waals surface area (Å²) in [6.45, 7) is 4.06. The largest absolute Gasteiger partial charge is 0.315 e. The van der Waals surface area contributed by atoms with E-state index in [1.807, 2.05) is 6.55 Å². The zero-order chi connectivity index (χ0) is 8.54. The molecule has 1 atom stereocenters. The van der Waals surface area contributed by atoms with Crippen LogP contribution in [0.1, 0.15) is 13.3 Å². The van der Waals surface area contributed by atoms with E-state index in [0.29, 0.717) is 0 Å². The third kappa shape index (κ3) is 2.28. The Morgan fingerprint density at radius 1 is 1.55 bits per heavy atom. The molecule has 1 aliphatic rings. The molecule has 0 bridgehead atoms. The van der Waals surface area contributed by atoms with Crippen LogP contribution in [0.25, 0.3) is 0 Å². The van der Waals surface area contributed by atoms with Gasteiger partial charge in [0.15, 0.2) is 0 Å². The summed E-state index contributed by atoms with van der Waals surface area (Å²) in [5.41, 5.74) is 0. The topological polar surface area (TPSA) is 43.4 Å². The quantitative estimate of drug-likeness (QED) is 0.623. The van der Waals surface area contributed by atoms with Crippen LogP contribution in [-0.2, 0) is 14.0 Å². The maximum absolute atomic E-state index is 10.9. The minimum absolute atomic E-state index is 0.246. The Balaban J connectivity index is 2.65. The fraction of sp³-hybridized carbons (Fsp3) is 1.00. The summed E-state index contributed by atoms with van der Waals surface area (Å²) in [7, 11) is -4.92. The summed E-state index contributed by atoms with van der Waals surface area (Å²) >= 11 is 0. The van der Waals surface area contributed by atoms with Crippen molar-refractivity contribution in [3.05, 3.63) is 0 Å². The van der Waals surface area contributed by atoms with Gasteiger partial charge < -0.3 is 3.87 Å². The van der Waals surface area contributed by atoms with E-state index in [9.17, 15) is 8.42 Å². The van der Waals surface area contributed by atoms with Gasteiger partial charge in [0.1, 0.15) is 0 Å². The summed E-state index contributed by atoms with van der Waals surface area (Å²) < 4.78 is 27.0. The third-order valence-corrected chi connectivity index (χ3v) is 8.54. The molecule has 0 radical (unpaired) electrons. The summed E-state index contributed by atoms with van der Waals surface area (Å²) in [6, 6.07) is 1.75. The highest BCUT2D eigenvalue weighted by Gasteiger charge is 2.41. The van der Waals surface area contributed by atoms with Gasteiger partial charge >= 0.3 is 0 Å². The normalized spacial score (nSPS) is 35.8. The molecule has 1 fully saturated rings. The first-order chi connectivity index (χ1) is 4.97. The lowest BCUT2D eigenvalue weighted by atomic mass is 10.6. The fourth-order valence-electron chi connectivity index (χ4n) is 1.43. The monoisotopic (exact) mass is 194 g/mol. The van der Waals surface area contributed by atoms with Crippen LogP contribution in [-0.4, -0.2) is 22.5 Å². The van der Waals surface area contributed by atoms with Crippen molar-refractivity contribution in [1.82, 2.24) is 0 Å². The van der Waals surface area contributed by atoms with Crippen molar-refractivity contribution >= 4 is 18.4 Å². The second-order valence-corrected chi connectivity index (χ2v) is 9.39. The van der Waals surface area contributed by atoms with Gasteiger partial charge in [-0.2, -0.15) is 0 Å². The number of rotatable bonds is 2. The van der Waals surface area contributed by atoms with Crippen molar-refractivity contribution in [3.8, 4) is 0 Å². The highest BCUT2D eigenvalue weighted by Crippen LogP contribution is 2.28. The Morgan fingerprint density at radius 2 is 2.18 bits per heavy atom. The molecule has 0 aliphatic carbocycles. The summed E-state index contributed by atoms with van der Waals surface area (Å²) in [6.07, 6.45) is 1.03. The van der Waals surface area contributed by atoms with Gasteiger partial charge in [0.25, 0.3) is 10.1 Å². The minimum atomic E-state index is -3.11. The Bertz CT molecular complexity index is 236. The lowest BCUT2D eigenvalue weighted by Crippen LogP contribution is -2.29. The molecular weight excluding hydrogens is 180 g/mol. The van der Waals surface area contributed by atoms with Gasteiger partial charge in [0, 0.05) is 0 Å². The van der Waals surface area contributed by atoms with Gasteiger partial charge in [-0.15, -0.1) is 0 Å². The molecule has 1 unspecified atom stereocenters. The van der Waals surface area contributed by atoms with Gasteiger partial charge in [-0.25, -0.2) is 8.42 Å². The van der Waals surface area contributed by atoms with E-state index < -0.39 is 18.4 Å². The van der Waals surface area contributed by atoms with Crippen LogP contribution >= 0.6 is 0 Å². The van der Waals surface area contributed by atoms with Crippen molar-refractivity contribution in [2.45, 2.75) is 32.0 Å². The van der Waals surface area contributed by atoms with Gasteiger partial charge in [0.2, 0.25) is 8.32 Å². The SMILES string of the molecule is CCC[Si]1(C)CCS(=O)(=O)O1. The van der Waals surface area contributed by atoms with Crippen molar-refractivity contribution in [2.75, 3.05) is 5.75 Å². The molecular formula is C6H14O3SSi. The molecule has 0 saturated carbocycles. The van der Waals surface area contributed by atoms with Crippen LogP contribution in [0.2, 0.25) is 18.6 Å². The van der Waals surface area contributed by atoms with Crippen molar-refractivity contribution in [3.63, 3.8) is 0 Å². The maximum atomic E-state index is 10.9. The van der Waals surface area contributed by atoms with Gasteiger partial charge in [0.05, 0.1) is 5.75 Å². The zero-order valence-electron chi connectivity index (χ0n) is 6.96. The van der Waals surface area contributed by atoms with E-state index in [4.69, 9.17) is 3.87 Å². The van der Waals surface area contributed by atoms with Crippen molar-refractivity contribution < 1.29 is 12.3 Å². The first-order valence-corrected chi connectivity index (χ1v) is 8.31. The highest BCUT2D eigenvalue weighted by molar-refractivity contribution is 7.88. The minimum Gasteiger partial charge on any atom is -0.315 e. The molecule has 11 heavy (non-hydrogen) atoms. The molecule has 3 nitrogen and oxygen atoms in total. The summed E-state index contributed by atoms with van der Waals surface area (Å²) in [4.78, 5) is 0. The smallest absolute Gasteiger partial charge is 0.257 e. The molecule has 1 rings (SSSR count). The molecule has 0 spiro atoms. The third-order valence-electron chi connectivity index (χ3n) is 1.99. The molecule has 0 aromatic heterocycles. The molecule has 0 amide bonds. The van der Waals surface area contributed by atoms with Crippen LogP contribution in [0.4, 0.5) is 0 Å². The van der Waals surface area contributed by atoms with Gasteiger partial charge in [-0.3, -0.25) is 0 Å². The van der Waals surface area contributed by atoms with Crippen LogP contribution < -0.4 is 0 Å². The second-order valence-electron chi connectivity index (χ2n) is 3.30. The van der Waals surface area contributed by atoms with E-state index in [-0.39, 0.29) is 5.75 Å². The molecule has 0 aromatic carbocycles. The summed E-state index contributed by atoms with van der Waals surface area (Å²) in [5.74, 6) is 0.246. The predicted octanol–water partition coefficient (Wildman–Crippen LogP) is 1.33. The molecule has 5 heteroatoms. The molecule has 1 saturated heterocycles. The van der Waals surface area contributed by atoms with Crippen LogP contribution in [0.15, 0.2) is 0 Å². The molecule has 1 aliphatic heterocycles. The van der Waals surface area contributed by atoms with Gasteiger partial charge in [-0.1, -0.05) is 13.3 Å². The first-order valence-electron chi connectivity index (χ1n) is 3.91. The van der Waals surface area contributed by atoms with Crippen LogP contribution in [0.3, 0.4) is 0 Å². The lowest BCUT2D eigenvalue weighted by Gasteiger charge is -2.15. The first kappa shape index (κ1) is 9.22. The average molecular weight is 194 g/mol. The average Bonchev–Trinajstić information content (AvgIpc) is 2.07. The van der Waals surface area contributed by atoms with Gasteiger partial charge in [-0.05, 0) is 18.6 Å². The van der Waals surface area contributed by atoms with Crippen molar-refractivity contribution in [1.29, 1.82) is 0 Å². The Labute approximate surface area is 69.0 Å². The summed E-state index contributed by atoms with van der Waals surface area (Å²) in [5, 5.41) is 0. The Hall–Kier alpha value is 0.127. The maximum Gasteiger partial charge on any atom is 0.257 e. The van der Waals surface area contributed by atoms with E-state index >= 15 is 0 Å². The van der Waals surface area contributed by atoms with Crippen LogP contribution in [0, 0.1) is 0 Å². The lowest BCUT2D eigenvalue weighted by molar-refractivity contribution is 0.496.